The smallest absolute Gasteiger partial charge is 0.250 e. The molecule has 1 aromatic heterocycles. The van der Waals surface area contributed by atoms with E-state index in [1.165, 1.54) is 6.42 Å². The zero-order chi connectivity index (χ0) is 11.9. The molecule has 1 atom stereocenters. The maximum absolute atomic E-state index is 11.4. The van der Waals surface area contributed by atoms with Gasteiger partial charge in [0.05, 0.1) is 6.61 Å². The minimum Gasteiger partial charge on any atom is -0.353 e. The summed E-state index contributed by atoms with van der Waals surface area (Å²) in [7, 11) is 0. The Hall–Kier alpha value is -1.13. The first-order chi connectivity index (χ1) is 8.36. The molecule has 0 saturated carbocycles. The van der Waals surface area contributed by atoms with E-state index >= 15 is 0 Å². The second kappa shape index (κ2) is 6.57. The maximum Gasteiger partial charge on any atom is 0.250 e. The molecule has 0 aliphatic carbocycles. The Balaban J connectivity index is 1.66. The quantitative estimate of drug-likeness (QED) is 0.733. The minimum absolute atomic E-state index is 0.0313. The lowest BCUT2D eigenvalue weighted by Crippen LogP contribution is -2.24. The van der Waals surface area contributed by atoms with Gasteiger partial charge in [-0.2, -0.15) is 0 Å². The van der Waals surface area contributed by atoms with E-state index in [0.29, 0.717) is 13.2 Å². The lowest BCUT2D eigenvalue weighted by molar-refractivity contribution is -0.163. The first-order valence-electron chi connectivity index (χ1n) is 6.25. The summed E-state index contributed by atoms with van der Waals surface area (Å²) in [5, 5.41) is 0. The van der Waals surface area contributed by atoms with E-state index in [9.17, 15) is 4.79 Å². The summed E-state index contributed by atoms with van der Waals surface area (Å²) in [5.41, 5.74) is 0.0430. The molecule has 4 nitrogen and oxygen atoms in total. The summed E-state index contributed by atoms with van der Waals surface area (Å²) in [5.74, 6) is 0. The summed E-state index contributed by atoms with van der Waals surface area (Å²) in [6, 6.07) is 5.20. The van der Waals surface area contributed by atoms with Gasteiger partial charge in [-0.25, -0.2) is 0 Å². The van der Waals surface area contributed by atoms with Crippen LogP contribution in [0, 0.1) is 0 Å². The van der Waals surface area contributed by atoms with E-state index < -0.39 is 0 Å². The van der Waals surface area contributed by atoms with Gasteiger partial charge in [-0.05, 0) is 31.7 Å². The van der Waals surface area contributed by atoms with Crippen LogP contribution < -0.4 is 5.56 Å². The van der Waals surface area contributed by atoms with E-state index in [1.807, 2.05) is 6.07 Å². The number of nitrogens with zero attached hydrogens (tertiary/aromatic N) is 1. The molecular weight excluding hydrogens is 218 g/mol. The average Bonchev–Trinajstić information content (AvgIpc) is 2.38. The summed E-state index contributed by atoms with van der Waals surface area (Å²) in [4.78, 5) is 11.4. The lowest BCUT2D eigenvalue weighted by atomic mass is 10.2. The molecule has 4 heteroatoms. The normalized spacial score (nSPS) is 20.4. The number of rotatable bonds is 5. The van der Waals surface area contributed by atoms with Crippen molar-refractivity contribution in [3.8, 4) is 0 Å². The topological polar surface area (TPSA) is 40.5 Å². The number of ether oxygens (including phenoxy) is 2. The number of aromatic nitrogens is 1. The van der Waals surface area contributed by atoms with Gasteiger partial charge in [0.15, 0.2) is 6.29 Å². The van der Waals surface area contributed by atoms with Crippen molar-refractivity contribution in [2.45, 2.75) is 38.5 Å². The van der Waals surface area contributed by atoms with Crippen LogP contribution in [-0.2, 0) is 16.0 Å². The summed E-state index contributed by atoms with van der Waals surface area (Å²) >= 11 is 0. The Kier molecular flexibility index (Phi) is 4.76. The van der Waals surface area contributed by atoms with Gasteiger partial charge < -0.3 is 14.0 Å². The molecule has 1 aliphatic heterocycles. The maximum atomic E-state index is 11.4. The highest BCUT2D eigenvalue weighted by Gasteiger charge is 2.13. The fourth-order valence-electron chi connectivity index (χ4n) is 1.94. The second-order valence-electron chi connectivity index (χ2n) is 4.25. The van der Waals surface area contributed by atoms with Crippen molar-refractivity contribution in [2.24, 2.45) is 0 Å². The highest BCUT2D eigenvalue weighted by Crippen LogP contribution is 2.13. The molecule has 2 heterocycles. The Morgan fingerprint density at radius 1 is 1.41 bits per heavy atom. The van der Waals surface area contributed by atoms with Gasteiger partial charge in [0.25, 0.3) is 0 Å². The largest absolute Gasteiger partial charge is 0.353 e. The molecule has 0 N–H and O–H groups in total. The molecule has 1 aliphatic rings. The van der Waals surface area contributed by atoms with Crippen LogP contribution in [0.25, 0.3) is 0 Å². The van der Waals surface area contributed by atoms with Crippen molar-refractivity contribution in [1.82, 2.24) is 4.57 Å². The van der Waals surface area contributed by atoms with Gasteiger partial charge in [0, 0.05) is 25.4 Å². The van der Waals surface area contributed by atoms with E-state index in [-0.39, 0.29) is 11.8 Å². The van der Waals surface area contributed by atoms with Gasteiger partial charge in [0.1, 0.15) is 0 Å². The molecule has 1 unspecified atom stereocenters. The van der Waals surface area contributed by atoms with E-state index in [4.69, 9.17) is 9.47 Å². The van der Waals surface area contributed by atoms with Crippen LogP contribution in [0.5, 0.6) is 0 Å². The van der Waals surface area contributed by atoms with Crippen LogP contribution >= 0.6 is 0 Å². The van der Waals surface area contributed by atoms with Crippen LogP contribution in [-0.4, -0.2) is 24.1 Å². The van der Waals surface area contributed by atoms with Crippen molar-refractivity contribution in [3.63, 3.8) is 0 Å². The van der Waals surface area contributed by atoms with Crippen molar-refractivity contribution in [3.05, 3.63) is 34.7 Å². The lowest BCUT2D eigenvalue weighted by Gasteiger charge is -2.22. The molecule has 0 amide bonds. The third kappa shape index (κ3) is 3.98. The molecule has 1 saturated heterocycles. The van der Waals surface area contributed by atoms with Gasteiger partial charge in [-0.1, -0.05) is 6.07 Å². The first kappa shape index (κ1) is 12.3. The fraction of sp³-hybridized carbons (Fsp3) is 0.615. The second-order valence-corrected chi connectivity index (χ2v) is 4.25. The third-order valence-electron chi connectivity index (χ3n) is 2.88. The Bertz CT molecular complexity index is 382. The Morgan fingerprint density at radius 2 is 2.35 bits per heavy atom. The zero-order valence-corrected chi connectivity index (χ0v) is 10.0. The van der Waals surface area contributed by atoms with E-state index in [1.54, 1.807) is 22.9 Å². The van der Waals surface area contributed by atoms with Crippen molar-refractivity contribution in [1.29, 1.82) is 0 Å². The number of pyridine rings is 1. The van der Waals surface area contributed by atoms with E-state index in [2.05, 4.69) is 0 Å². The van der Waals surface area contributed by atoms with Crippen molar-refractivity contribution in [2.75, 3.05) is 13.2 Å². The molecule has 17 heavy (non-hydrogen) atoms. The molecule has 2 rings (SSSR count). The van der Waals surface area contributed by atoms with Gasteiger partial charge in [-0.15, -0.1) is 0 Å². The van der Waals surface area contributed by atoms with Gasteiger partial charge in [0.2, 0.25) is 5.56 Å². The minimum atomic E-state index is -0.0313. The predicted octanol–water partition coefficient (Wildman–Crippen LogP) is 1.78. The predicted molar refractivity (Wildman–Crippen MR) is 64.9 cm³/mol. The Labute approximate surface area is 101 Å². The van der Waals surface area contributed by atoms with Crippen LogP contribution in [0.4, 0.5) is 0 Å². The summed E-state index contributed by atoms with van der Waals surface area (Å²) in [6.45, 7) is 2.15. The number of hydrogen-bond acceptors (Lipinski definition) is 3. The van der Waals surface area contributed by atoms with Crippen LogP contribution in [0.3, 0.4) is 0 Å². The van der Waals surface area contributed by atoms with Crippen molar-refractivity contribution >= 4 is 0 Å². The number of hydrogen-bond donors (Lipinski definition) is 0. The molecule has 1 aromatic rings. The molecule has 0 aromatic carbocycles. The Morgan fingerprint density at radius 3 is 3.12 bits per heavy atom. The van der Waals surface area contributed by atoms with Gasteiger partial charge >= 0.3 is 0 Å². The monoisotopic (exact) mass is 237 g/mol. The molecule has 94 valence electrons. The highest BCUT2D eigenvalue weighted by atomic mass is 16.7. The molecule has 1 fully saturated rings. The third-order valence-corrected chi connectivity index (χ3v) is 2.88. The van der Waals surface area contributed by atoms with Crippen LogP contribution in [0.2, 0.25) is 0 Å². The molecular formula is C13H19NO3. The van der Waals surface area contributed by atoms with Gasteiger partial charge in [-0.3, -0.25) is 4.79 Å². The standard InChI is InChI=1S/C13H19NO3/c15-12-6-1-3-8-14(12)9-5-11-17-13-7-2-4-10-16-13/h1,3,6,8,13H,2,4-5,7,9-11H2. The van der Waals surface area contributed by atoms with Crippen molar-refractivity contribution < 1.29 is 9.47 Å². The van der Waals surface area contributed by atoms with E-state index in [0.717, 1.165) is 25.9 Å². The molecule has 0 spiro atoms. The summed E-state index contributed by atoms with van der Waals surface area (Å²) < 4.78 is 12.8. The van der Waals surface area contributed by atoms with Crippen LogP contribution in [0.1, 0.15) is 25.7 Å². The SMILES string of the molecule is O=c1ccccn1CCCOC1CCCCO1. The van der Waals surface area contributed by atoms with Crippen LogP contribution in [0.15, 0.2) is 29.2 Å². The molecule has 0 radical (unpaired) electrons. The molecule has 0 bridgehead atoms. The zero-order valence-electron chi connectivity index (χ0n) is 10.0. The average molecular weight is 237 g/mol. The number of aryl methyl sites for hydroxylation is 1. The summed E-state index contributed by atoms with van der Waals surface area (Å²) in [6.07, 6.45) is 5.92. The highest BCUT2D eigenvalue weighted by molar-refractivity contribution is 4.92. The fourth-order valence-corrected chi connectivity index (χ4v) is 1.94. The first-order valence-corrected chi connectivity index (χ1v) is 6.25.